The second-order valence-electron chi connectivity index (χ2n) is 5.99. The molecule has 2 heteroatoms. The lowest BCUT2D eigenvalue weighted by molar-refractivity contribution is -0.145. The van der Waals surface area contributed by atoms with E-state index in [0.29, 0.717) is 13.0 Å². The van der Waals surface area contributed by atoms with Gasteiger partial charge in [-0.15, -0.1) is 0 Å². The van der Waals surface area contributed by atoms with Crippen molar-refractivity contribution in [3.63, 3.8) is 0 Å². The predicted molar refractivity (Wildman–Crippen MR) is 82.7 cm³/mol. The highest BCUT2D eigenvalue weighted by Crippen LogP contribution is 2.21. The molecule has 0 aromatic heterocycles. The van der Waals surface area contributed by atoms with E-state index in [0.717, 1.165) is 22.8 Å². The summed E-state index contributed by atoms with van der Waals surface area (Å²) in [6.45, 7) is 6.81. The van der Waals surface area contributed by atoms with Gasteiger partial charge in [0.25, 0.3) is 0 Å². The summed E-state index contributed by atoms with van der Waals surface area (Å²) in [4.78, 5) is 12.0. The van der Waals surface area contributed by atoms with Gasteiger partial charge in [0.05, 0.1) is 13.0 Å². The number of carbonyl (C=O) groups excluding carboxylic acids is 1. The topological polar surface area (TPSA) is 26.3 Å². The lowest BCUT2D eigenvalue weighted by atomic mass is 9.92. The molecule has 2 aromatic rings. The zero-order valence-electron chi connectivity index (χ0n) is 12.5. The van der Waals surface area contributed by atoms with Crippen molar-refractivity contribution in [2.75, 3.05) is 6.61 Å². The van der Waals surface area contributed by atoms with Crippen LogP contribution in [0.25, 0.3) is 10.8 Å². The Morgan fingerprint density at radius 1 is 1.10 bits per heavy atom. The van der Waals surface area contributed by atoms with Crippen molar-refractivity contribution in [1.82, 2.24) is 0 Å². The van der Waals surface area contributed by atoms with E-state index >= 15 is 0 Å². The minimum Gasteiger partial charge on any atom is -0.465 e. The van der Waals surface area contributed by atoms with Gasteiger partial charge in [0.15, 0.2) is 0 Å². The Hall–Kier alpha value is -1.83. The summed E-state index contributed by atoms with van der Waals surface area (Å²) in [5.41, 5.74) is 1.08. The highest BCUT2D eigenvalue weighted by molar-refractivity contribution is 5.88. The van der Waals surface area contributed by atoms with Crippen LogP contribution >= 0.6 is 0 Å². The Bertz CT molecular complexity index is 594. The van der Waals surface area contributed by atoms with Crippen molar-refractivity contribution < 1.29 is 9.53 Å². The van der Waals surface area contributed by atoms with Crippen LogP contribution in [-0.2, 0) is 16.0 Å². The van der Waals surface area contributed by atoms with Crippen LogP contribution in [-0.4, -0.2) is 12.6 Å². The fraction of sp³-hybridized carbons (Fsp3) is 0.389. The number of hydrogen-bond donors (Lipinski definition) is 0. The van der Waals surface area contributed by atoms with Crippen LogP contribution in [0.1, 0.15) is 32.8 Å². The highest BCUT2D eigenvalue weighted by Gasteiger charge is 2.18. The highest BCUT2D eigenvalue weighted by atomic mass is 16.5. The minimum atomic E-state index is -0.150. The number of ether oxygens (including phenoxy) is 1. The normalized spacial score (nSPS) is 11.6. The van der Waals surface area contributed by atoms with E-state index in [9.17, 15) is 4.79 Å². The third-order valence-corrected chi connectivity index (χ3v) is 3.80. The lowest BCUT2D eigenvalue weighted by Gasteiger charge is -2.21. The van der Waals surface area contributed by atoms with Crippen LogP contribution in [0.5, 0.6) is 0 Å². The molecule has 0 fully saturated rings. The Balaban J connectivity index is 2.07. The van der Waals surface area contributed by atoms with Gasteiger partial charge in [0.2, 0.25) is 0 Å². The molecule has 20 heavy (non-hydrogen) atoms. The van der Waals surface area contributed by atoms with E-state index in [1.807, 2.05) is 30.3 Å². The third kappa shape index (κ3) is 3.60. The summed E-state index contributed by atoms with van der Waals surface area (Å²) >= 11 is 0. The van der Waals surface area contributed by atoms with Crippen molar-refractivity contribution in [3.8, 4) is 0 Å². The van der Waals surface area contributed by atoms with Crippen LogP contribution < -0.4 is 0 Å². The van der Waals surface area contributed by atoms with Gasteiger partial charge in [-0.25, -0.2) is 0 Å². The van der Waals surface area contributed by atoms with Gasteiger partial charge >= 0.3 is 5.97 Å². The summed E-state index contributed by atoms with van der Waals surface area (Å²) in [7, 11) is 0. The van der Waals surface area contributed by atoms with E-state index in [1.54, 1.807) is 0 Å². The average molecular weight is 270 g/mol. The fourth-order valence-electron chi connectivity index (χ4n) is 2.03. The molecular weight excluding hydrogens is 248 g/mol. The summed E-state index contributed by atoms with van der Waals surface area (Å²) in [6.07, 6.45) is 1.33. The summed E-state index contributed by atoms with van der Waals surface area (Å²) in [5.74, 6) is -0.150. The number of rotatable bonds is 5. The van der Waals surface area contributed by atoms with Crippen LogP contribution in [0.15, 0.2) is 42.5 Å². The molecule has 0 amide bonds. The molecule has 0 saturated heterocycles. The van der Waals surface area contributed by atoms with Gasteiger partial charge in [-0.3, -0.25) is 4.79 Å². The van der Waals surface area contributed by atoms with Crippen LogP contribution in [0.2, 0.25) is 0 Å². The Labute approximate surface area is 120 Å². The third-order valence-electron chi connectivity index (χ3n) is 3.80. The Morgan fingerprint density at radius 2 is 1.80 bits per heavy atom. The molecule has 0 unspecified atom stereocenters. The van der Waals surface area contributed by atoms with Crippen LogP contribution in [0.3, 0.4) is 0 Å². The Kier molecular flexibility index (Phi) is 4.43. The fourth-order valence-corrected chi connectivity index (χ4v) is 2.03. The van der Waals surface area contributed by atoms with Crippen molar-refractivity contribution in [3.05, 3.63) is 48.0 Å². The summed E-state index contributed by atoms with van der Waals surface area (Å²) in [6, 6.07) is 14.2. The van der Waals surface area contributed by atoms with Gasteiger partial charge in [-0.1, -0.05) is 63.2 Å². The molecule has 0 saturated carbocycles. The quantitative estimate of drug-likeness (QED) is 0.754. The number of hydrogen-bond acceptors (Lipinski definition) is 2. The minimum absolute atomic E-state index is 0.0500. The van der Waals surface area contributed by atoms with Crippen LogP contribution in [0.4, 0.5) is 0 Å². The zero-order valence-corrected chi connectivity index (χ0v) is 12.5. The molecule has 2 rings (SSSR count). The molecule has 0 radical (unpaired) electrons. The van der Waals surface area contributed by atoms with E-state index < -0.39 is 0 Å². The van der Waals surface area contributed by atoms with E-state index in [1.165, 1.54) is 0 Å². The summed E-state index contributed by atoms with van der Waals surface area (Å²) < 4.78 is 5.41. The first-order chi connectivity index (χ1) is 9.52. The molecule has 106 valence electrons. The Morgan fingerprint density at radius 3 is 2.55 bits per heavy atom. The molecule has 0 aliphatic rings. The first kappa shape index (κ1) is 14.6. The second kappa shape index (κ2) is 6.08. The van der Waals surface area contributed by atoms with Gasteiger partial charge in [-0.2, -0.15) is 0 Å². The maximum Gasteiger partial charge on any atom is 0.310 e. The molecule has 0 atom stereocenters. The SMILES string of the molecule is CCC(C)(C)COC(=O)Cc1cccc2ccccc12. The first-order valence-corrected chi connectivity index (χ1v) is 7.14. The average Bonchev–Trinajstić information content (AvgIpc) is 2.46. The van der Waals surface area contributed by atoms with Gasteiger partial charge in [-0.05, 0) is 28.2 Å². The maximum absolute atomic E-state index is 12.0. The standard InChI is InChI=1S/C18H22O2/c1-4-18(2,3)13-20-17(19)12-15-10-7-9-14-8-5-6-11-16(14)15/h5-11H,4,12-13H2,1-3H3. The zero-order chi connectivity index (χ0) is 14.6. The smallest absolute Gasteiger partial charge is 0.310 e. The second-order valence-corrected chi connectivity index (χ2v) is 5.99. The number of esters is 1. The molecule has 0 heterocycles. The molecule has 2 nitrogen and oxygen atoms in total. The molecule has 2 aromatic carbocycles. The van der Waals surface area contributed by atoms with E-state index in [4.69, 9.17) is 4.74 Å². The van der Waals surface area contributed by atoms with Gasteiger partial charge in [0, 0.05) is 0 Å². The molecule has 0 N–H and O–H groups in total. The largest absolute Gasteiger partial charge is 0.465 e. The molecule has 0 aliphatic heterocycles. The monoisotopic (exact) mass is 270 g/mol. The molecule has 0 bridgehead atoms. The van der Waals surface area contributed by atoms with Crippen molar-refractivity contribution in [2.45, 2.75) is 33.6 Å². The molecular formula is C18H22O2. The number of carbonyl (C=O) groups is 1. The van der Waals surface area contributed by atoms with E-state index in [-0.39, 0.29) is 11.4 Å². The lowest BCUT2D eigenvalue weighted by Crippen LogP contribution is -2.21. The van der Waals surface area contributed by atoms with Crippen LogP contribution in [0, 0.1) is 5.41 Å². The van der Waals surface area contributed by atoms with Gasteiger partial charge < -0.3 is 4.74 Å². The van der Waals surface area contributed by atoms with Gasteiger partial charge in [0.1, 0.15) is 0 Å². The predicted octanol–water partition coefficient (Wildman–Crippen LogP) is 4.36. The number of fused-ring (bicyclic) bond motifs is 1. The molecule has 0 spiro atoms. The first-order valence-electron chi connectivity index (χ1n) is 7.14. The van der Waals surface area contributed by atoms with E-state index in [2.05, 4.69) is 32.9 Å². The molecule has 0 aliphatic carbocycles. The maximum atomic E-state index is 12.0. The van der Waals surface area contributed by atoms with Crippen molar-refractivity contribution in [1.29, 1.82) is 0 Å². The van der Waals surface area contributed by atoms with Crippen molar-refractivity contribution >= 4 is 16.7 Å². The number of benzene rings is 2. The van der Waals surface area contributed by atoms with Crippen molar-refractivity contribution in [2.24, 2.45) is 5.41 Å². The summed E-state index contributed by atoms with van der Waals surface area (Å²) in [5, 5.41) is 2.29.